The van der Waals surface area contributed by atoms with Crippen LogP contribution in [-0.2, 0) is 4.79 Å². The maximum Gasteiger partial charge on any atom is 0.422 e. The van der Waals surface area contributed by atoms with Crippen LogP contribution >= 0.6 is 11.6 Å². The Morgan fingerprint density at radius 1 is 1.29 bits per heavy atom. The van der Waals surface area contributed by atoms with Gasteiger partial charge >= 0.3 is 6.18 Å². The summed E-state index contributed by atoms with van der Waals surface area (Å²) in [5.41, 5.74) is 0.376. The number of halogens is 4. The van der Waals surface area contributed by atoms with Crippen LogP contribution < -0.4 is 15.4 Å². The zero-order valence-corrected chi connectivity index (χ0v) is 17.5. The van der Waals surface area contributed by atoms with Gasteiger partial charge in [-0.3, -0.25) is 9.59 Å². The molecule has 2 amide bonds. The van der Waals surface area contributed by atoms with E-state index in [1.807, 2.05) is 6.92 Å². The molecule has 11 heteroatoms. The maximum absolute atomic E-state index is 12.6. The molecule has 1 aliphatic carbocycles. The second-order valence-corrected chi connectivity index (χ2v) is 8.01. The average molecular weight is 457 g/mol. The topological polar surface area (TPSA) is 93.2 Å². The van der Waals surface area contributed by atoms with E-state index < -0.39 is 24.7 Å². The van der Waals surface area contributed by atoms with Gasteiger partial charge in [-0.2, -0.15) is 13.2 Å². The number of carbonyl (C=O) groups excluding carboxylic acids is 2. The first-order chi connectivity index (χ1) is 14.5. The lowest BCUT2D eigenvalue weighted by Gasteiger charge is -2.16. The zero-order valence-electron chi connectivity index (χ0n) is 16.7. The molecule has 0 saturated heterocycles. The summed E-state index contributed by atoms with van der Waals surface area (Å²) in [7, 11) is 0. The van der Waals surface area contributed by atoms with Gasteiger partial charge in [-0.25, -0.2) is 9.97 Å². The lowest BCUT2D eigenvalue weighted by atomic mass is 10.1. The van der Waals surface area contributed by atoms with E-state index >= 15 is 0 Å². The average Bonchev–Trinajstić information content (AvgIpc) is 3.45. The van der Waals surface area contributed by atoms with Gasteiger partial charge in [-0.1, -0.05) is 18.5 Å². The van der Waals surface area contributed by atoms with Crippen molar-refractivity contribution in [1.82, 2.24) is 15.3 Å². The highest BCUT2D eigenvalue weighted by molar-refractivity contribution is 6.31. The molecule has 2 heterocycles. The predicted molar refractivity (Wildman–Crippen MR) is 107 cm³/mol. The quantitative estimate of drug-likeness (QED) is 0.648. The fourth-order valence-electron chi connectivity index (χ4n) is 2.62. The zero-order chi connectivity index (χ0) is 22.8. The molecular weight excluding hydrogens is 437 g/mol. The van der Waals surface area contributed by atoms with Crippen LogP contribution in [0.25, 0.3) is 0 Å². The van der Waals surface area contributed by atoms with E-state index in [0.29, 0.717) is 5.56 Å². The lowest BCUT2D eigenvalue weighted by Crippen LogP contribution is -2.27. The summed E-state index contributed by atoms with van der Waals surface area (Å²) < 4.78 is 41.4. The third-order valence-electron chi connectivity index (χ3n) is 4.86. The first-order valence-electron chi connectivity index (χ1n) is 9.40. The molecule has 166 valence electrons. The molecule has 0 radical (unpaired) electrons. The van der Waals surface area contributed by atoms with Crippen molar-refractivity contribution in [1.29, 1.82) is 0 Å². The van der Waals surface area contributed by atoms with E-state index in [1.165, 1.54) is 30.6 Å². The molecule has 0 spiro atoms. The molecule has 7 nitrogen and oxygen atoms in total. The summed E-state index contributed by atoms with van der Waals surface area (Å²) in [4.78, 5) is 32.6. The fraction of sp³-hybridized carbons (Fsp3) is 0.400. The van der Waals surface area contributed by atoms with Crippen molar-refractivity contribution in [3.8, 4) is 5.88 Å². The Bertz CT molecular complexity index is 996. The molecule has 2 aromatic rings. The van der Waals surface area contributed by atoms with Crippen molar-refractivity contribution in [2.24, 2.45) is 5.41 Å². The van der Waals surface area contributed by atoms with Crippen molar-refractivity contribution >= 4 is 29.2 Å². The molecule has 1 atom stereocenters. The van der Waals surface area contributed by atoms with E-state index in [0.717, 1.165) is 12.8 Å². The minimum atomic E-state index is -4.51. The minimum Gasteiger partial charge on any atom is -0.467 e. The molecule has 0 bridgehead atoms. The number of pyridine rings is 2. The van der Waals surface area contributed by atoms with E-state index in [2.05, 4.69) is 25.3 Å². The van der Waals surface area contributed by atoms with Crippen LogP contribution in [0.4, 0.5) is 19.0 Å². The molecule has 0 aromatic carbocycles. The molecule has 1 unspecified atom stereocenters. The Morgan fingerprint density at radius 2 is 2.00 bits per heavy atom. The van der Waals surface area contributed by atoms with Crippen LogP contribution in [0.1, 0.15) is 48.7 Å². The molecule has 1 saturated carbocycles. The Hall–Kier alpha value is -2.88. The smallest absolute Gasteiger partial charge is 0.422 e. The van der Waals surface area contributed by atoms with E-state index in [9.17, 15) is 22.8 Å². The molecule has 0 aliphatic heterocycles. The van der Waals surface area contributed by atoms with Gasteiger partial charge in [0.05, 0.1) is 6.04 Å². The monoisotopic (exact) mass is 456 g/mol. The second kappa shape index (κ2) is 8.70. The summed E-state index contributed by atoms with van der Waals surface area (Å²) in [6.07, 6.45) is -0.197. The van der Waals surface area contributed by atoms with Crippen LogP contribution in [-0.4, -0.2) is 34.6 Å². The lowest BCUT2D eigenvalue weighted by molar-refractivity contribution is -0.154. The van der Waals surface area contributed by atoms with Crippen molar-refractivity contribution < 1.29 is 27.5 Å². The normalized spacial score (nSPS) is 15.7. The number of nitrogens with one attached hydrogen (secondary N) is 2. The van der Waals surface area contributed by atoms with Gasteiger partial charge in [0, 0.05) is 23.4 Å². The van der Waals surface area contributed by atoms with E-state index in [4.69, 9.17) is 11.6 Å². The number of anilines is 1. The summed E-state index contributed by atoms with van der Waals surface area (Å²) >= 11 is 5.95. The highest BCUT2D eigenvalue weighted by atomic mass is 35.5. The van der Waals surface area contributed by atoms with Crippen LogP contribution in [0.3, 0.4) is 0 Å². The number of aromatic nitrogens is 2. The van der Waals surface area contributed by atoms with Crippen molar-refractivity contribution in [3.05, 3.63) is 46.7 Å². The first kappa shape index (κ1) is 22.8. The van der Waals surface area contributed by atoms with Gasteiger partial charge in [-0.15, -0.1) is 0 Å². The largest absolute Gasteiger partial charge is 0.467 e. The SMILES string of the molecule is CC(NC(=O)c1ccnc(NC(=O)C2(C)CC2)c1)c1cnc(OCC(F)(F)F)c(Cl)c1. The number of hydrogen-bond acceptors (Lipinski definition) is 5. The van der Waals surface area contributed by atoms with E-state index in [-0.39, 0.29) is 33.6 Å². The number of nitrogens with zero attached hydrogens (tertiary/aromatic N) is 2. The standard InChI is InChI=1S/C20H20ClF3N4O3/c1-11(13-7-14(21)17(26-9-13)31-10-20(22,23)24)27-16(29)12-3-6-25-15(8-12)28-18(30)19(2)4-5-19/h3,6-9,11H,4-5,10H2,1-2H3,(H,27,29)(H,25,28,30). The van der Waals surface area contributed by atoms with Crippen LogP contribution in [0.15, 0.2) is 30.6 Å². The summed E-state index contributed by atoms with van der Waals surface area (Å²) in [5, 5.41) is 5.34. The van der Waals surface area contributed by atoms with Gasteiger partial charge in [0.25, 0.3) is 5.91 Å². The molecule has 1 aliphatic rings. The van der Waals surface area contributed by atoms with Gasteiger partial charge < -0.3 is 15.4 Å². The summed E-state index contributed by atoms with van der Waals surface area (Å²) in [6, 6.07) is 3.78. The van der Waals surface area contributed by atoms with Gasteiger partial charge in [0.15, 0.2) is 6.61 Å². The van der Waals surface area contributed by atoms with Crippen LogP contribution in [0.2, 0.25) is 5.02 Å². The third-order valence-corrected chi connectivity index (χ3v) is 5.13. The number of carbonyl (C=O) groups is 2. The summed E-state index contributed by atoms with van der Waals surface area (Å²) in [6.45, 7) is 2.02. The number of ether oxygens (including phenoxy) is 1. The number of hydrogen-bond donors (Lipinski definition) is 2. The molecular formula is C20H20ClF3N4O3. The van der Waals surface area contributed by atoms with Crippen molar-refractivity contribution in [2.75, 3.05) is 11.9 Å². The Labute approximate surface area is 181 Å². The van der Waals surface area contributed by atoms with Gasteiger partial charge in [0.1, 0.15) is 10.8 Å². The number of rotatable bonds is 7. The Morgan fingerprint density at radius 3 is 2.61 bits per heavy atom. The molecule has 1 fully saturated rings. The number of amides is 2. The molecule has 2 N–H and O–H groups in total. The Balaban J connectivity index is 1.63. The predicted octanol–water partition coefficient (Wildman–Crippen LogP) is 4.30. The van der Waals surface area contributed by atoms with Gasteiger partial charge in [-0.05, 0) is 43.5 Å². The molecule has 31 heavy (non-hydrogen) atoms. The van der Waals surface area contributed by atoms with Crippen LogP contribution in [0.5, 0.6) is 5.88 Å². The highest BCUT2D eigenvalue weighted by Crippen LogP contribution is 2.45. The second-order valence-electron chi connectivity index (χ2n) is 7.60. The third kappa shape index (κ3) is 6.06. The summed E-state index contributed by atoms with van der Waals surface area (Å²) in [5.74, 6) is -0.648. The maximum atomic E-state index is 12.6. The molecule has 2 aromatic heterocycles. The van der Waals surface area contributed by atoms with Crippen molar-refractivity contribution in [3.63, 3.8) is 0 Å². The first-order valence-corrected chi connectivity index (χ1v) is 9.78. The number of alkyl halides is 3. The van der Waals surface area contributed by atoms with Crippen LogP contribution in [0, 0.1) is 5.41 Å². The Kier molecular flexibility index (Phi) is 6.40. The highest BCUT2D eigenvalue weighted by Gasteiger charge is 2.45. The molecule has 3 rings (SSSR count). The minimum absolute atomic E-state index is 0.106. The van der Waals surface area contributed by atoms with Crippen molar-refractivity contribution in [2.45, 2.75) is 38.9 Å². The fourth-order valence-corrected chi connectivity index (χ4v) is 2.85. The van der Waals surface area contributed by atoms with E-state index in [1.54, 1.807) is 6.92 Å². The van der Waals surface area contributed by atoms with Gasteiger partial charge in [0.2, 0.25) is 11.8 Å².